The van der Waals surface area contributed by atoms with Crippen LogP contribution in [-0.2, 0) is 0 Å². The summed E-state index contributed by atoms with van der Waals surface area (Å²) in [7, 11) is 0. The van der Waals surface area contributed by atoms with Crippen molar-refractivity contribution in [2.45, 2.75) is 64.7 Å². The third kappa shape index (κ3) is 4.00. The smallest absolute Gasteiger partial charge is 0.157 e. The second-order valence-corrected chi connectivity index (χ2v) is 5.97. The van der Waals surface area contributed by atoms with Gasteiger partial charge in [-0.1, -0.05) is 51.8 Å². The van der Waals surface area contributed by atoms with E-state index in [1.54, 1.807) is 0 Å². The van der Waals surface area contributed by atoms with E-state index in [9.17, 15) is 0 Å². The highest BCUT2D eigenvalue weighted by Gasteiger charge is 2.21. The van der Waals surface area contributed by atoms with E-state index < -0.39 is 0 Å². The van der Waals surface area contributed by atoms with E-state index in [-0.39, 0.29) is 0 Å². The first kappa shape index (κ1) is 13.9. The number of nitrogens with zero attached hydrogens (tertiary/aromatic N) is 1. The van der Waals surface area contributed by atoms with Gasteiger partial charge in [0.05, 0.1) is 6.54 Å². The van der Waals surface area contributed by atoms with Crippen molar-refractivity contribution in [1.82, 2.24) is 5.32 Å². The van der Waals surface area contributed by atoms with Gasteiger partial charge in [0.1, 0.15) is 0 Å². The number of amidine groups is 1. The maximum Gasteiger partial charge on any atom is 0.157 e. The number of aliphatic imine (C=N–C) groups is 1. The standard InChI is InChI=1S/C13H26N2S/c1-5-8-12-9-14-13(16-12)15-10(4)11(6-2)7-3/h10-12H,5-9H2,1-4H3,(H,14,15). The summed E-state index contributed by atoms with van der Waals surface area (Å²) in [5, 5.41) is 5.48. The van der Waals surface area contributed by atoms with Gasteiger partial charge in [0, 0.05) is 11.3 Å². The predicted molar refractivity (Wildman–Crippen MR) is 75.3 cm³/mol. The molecular formula is C13H26N2S. The fourth-order valence-electron chi connectivity index (χ4n) is 2.28. The van der Waals surface area contributed by atoms with Crippen molar-refractivity contribution >= 4 is 16.9 Å². The van der Waals surface area contributed by atoms with E-state index in [2.05, 4.69) is 38.0 Å². The third-order valence-corrected chi connectivity index (χ3v) is 4.62. The summed E-state index contributed by atoms with van der Waals surface area (Å²) in [6, 6.07) is 0.557. The van der Waals surface area contributed by atoms with Crippen molar-refractivity contribution in [2.24, 2.45) is 10.9 Å². The van der Waals surface area contributed by atoms with Crippen LogP contribution in [0.2, 0.25) is 0 Å². The molecule has 0 saturated carbocycles. The van der Waals surface area contributed by atoms with E-state index in [1.807, 2.05) is 11.8 Å². The van der Waals surface area contributed by atoms with Gasteiger partial charge < -0.3 is 5.32 Å². The molecule has 1 aliphatic rings. The normalized spacial score (nSPS) is 22.3. The van der Waals surface area contributed by atoms with Crippen molar-refractivity contribution in [3.05, 3.63) is 0 Å². The monoisotopic (exact) mass is 242 g/mol. The minimum Gasteiger partial charge on any atom is -0.362 e. The molecule has 0 spiro atoms. The van der Waals surface area contributed by atoms with Crippen LogP contribution in [0.15, 0.2) is 4.99 Å². The van der Waals surface area contributed by atoms with Crippen LogP contribution >= 0.6 is 11.8 Å². The van der Waals surface area contributed by atoms with Gasteiger partial charge in [0.15, 0.2) is 5.17 Å². The van der Waals surface area contributed by atoms with Crippen LogP contribution in [0.5, 0.6) is 0 Å². The highest BCUT2D eigenvalue weighted by atomic mass is 32.2. The van der Waals surface area contributed by atoms with Crippen molar-refractivity contribution in [1.29, 1.82) is 0 Å². The Morgan fingerprint density at radius 2 is 2.06 bits per heavy atom. The van der Waals surface area contributed by atoms with Gasteiger partial charge in [0.2, 0.25) is 0 Å². The van der Waals surface area contributed by atoms with Gasteiger partial charge in [0.25, 0.3) is 0 Å². The van der Waals surface area contributed by atoms with Crippen molar-refractivity contribution in [2.75, 3.05) is 6.54 Å². The van der Waals surface area contributed by atoms with Gasteiger partial charge >= 0.3 is 0 Å². The van der Waals surface area contributed by atoms with Gasteiger partial charge in [-0.25, -0.2) is 0 Å². The average molecular weight is 242 g/mol. The molecular weight excluding hydrogens is 216 g/mol. The molecule has 94 valence electrons. The molecule has 0 bridgehead atoms. The molecule has 1 aliphatic heterocycles. The molecule has 2 unspecified atom stereocenters. The van der Waals surface area contributed by atoms with Crippen LogP contribution in [0, 0.1) is 5.92 Å². The lowest BCUT2D eigenvalue weighted by Crippen LogP contribution is -2.35. The molecule has 0 aliphatic carbocycles. The van der Waals surface area contributed by atoms with Gasteiger partial charge in [-0.15, -0.1) is 0 Å². The maximum absolute atomic E-state index is 4.60. The van der Waals surface area contributed by atoms with Crippen molar-refractivity contribution < 1.29 is 0 Å². The lowest BCUT2D eigenvalue weighted by molar-refractivity contribution is 0.392. The zero-order chi connectivity index (χ0) is 12.0. The highest BCUT2D eigenvalue weighted by molar-refractivity contribution is 8.14. The molecule has 0 radical (unpaired) electrons. The number of thioether (sulfide) groups is 1. The molecule has 16 heavy (non-hydrogen) atoms. The van der Waals surface area contributed by atoms with Crippen LogP contribution in [-0.4, -0.2) is 23.0 Å². The van der Waals surface area contributed by atoms with Gasteiger partial charge in [-0.3, -0.25) is 4.99 Å². The first-order valence-corrected chi connectivity index (χ1v) is 7.56. The molecule has 2 nitrogen and oxygen atoms in total. The lowest BCUT2D eigenvalue weighted by atomic mass is 9.96. The molecule has 2 atom stereocenters. The quantitative estimate of drug-likeness (QED) is 0.768. The minimum atomic E-state index is 0.557. The molecule has 1 heterocycles. The third-order valence-electron chi connectivity index (χ3n) is 3.43. The molecule has 0 aromatic heterocycles. The molecule has 1 rings (SSSR count). The molecule has 0 amide bonds. The fourth-order valence-corrected chi connectivity index (χ4v) is 3.50. The first-order chi connectivity index (χ1) is 7.71. The molecule has 0 saturated heterocycles. The zero-order valence-electron chi connectivity index (χ0n) is 11.1. The summed E-state index contributed by atoms with van der Waals surface area (Å²) in [6.45, 7) is 10.1. The Bertz CT molecular complexity index is 224. The van der Waals surface area contributed by atoms with E-state index in [0.717, 1.165) is 17.7 Å². The Balaban J connectivity index is 2.33. The molecule has 0 aromatic carbocycles. The molecule has 0 fully saturated rings. The Labute approximate surface area is 105 Å². The molecule has 0 aromatic rings. The summed E-state index contributed by atoms with van der Waals surface area (Å²) < 4.78 is 0. The van der Waals surface area contributed by atoms with Crippen LogP contribution in [0.25, 0.3) is 0 Å². The number of rotatable bonds is 6. The Morgan fingerprint density at radius 1 is 1.38 bits per heavy atom. The average Bonchev–Trinajstić information content (AvgIpc) is 2.68. The Morgan fingerprint density at radius 3 is 2.62 bits per heavy atom. The number of nitrogens with one attached hydrogen (secondary N) is 1. The minimum absolute atomic E-state index is 0.557. The van der Waals surface area contributed by atoms with Crippen molar-refractivity contribution in [3.63, 3.8) is 0 Å². The zero-order valence-corrected chi connectivity index (χ0v) is 11.9. The predicted octanol–water partition coefficient (Wildman–Crippen LogP) is 3.67. The largest absolute Gasteiger partial charge is 0.362 e. The van der Waals surface area contributed by atoms with E-state index in [4.69, 9.17) is 0 Å². The fraction of sp³-hybridized carbons (Fsp3) is 0.923. The Kier molecular flexibility index (Phi) is 6.25. The molecule has 1 N–H and O–H groups in total. The first-order valence-electron chi connectivity index (χ1n) is 6.68. The van der Waals surface area contributed by atoms with Crippen LogP contribution in [0.1, 0.15) is 53.4 Å². The molecule has 3 heteroatoms. The lowest BCUT2D eigenvalue weighted by Gasteiger charge is -2.23. The SMILES string of the molecule is CCCC1CN=C(NC(C)C(CC)CC)S1. The number of hydrogen-bond donors (Lipinski definition) is 1. The summed E-state index contributed by atoms with van der Waals surface area (Å²) in [5.74, 6) is 0.772. The highest BCUT2D eigenvalue weighted by Crippen LogP contribution is 2.24. The van der Waals surface area contributed by atoms with E-state index in [0.29, 0.717) is 6.04 Å². The second-order valence-electron chi connectivity index (χ2n) is 4.68. The Hall–Kier alpha value is -0.180. The summed E-state index contributed by atoms with van der Waals surface area (Å²) in [5.41, 5.74) is 0. The summed E-state index contributed by atoms with van der Waals surface area (Å²) in [4.78, 5) is 4.60. The summed E-state index contributed by atoms with van der Waals surface area (Å²) >= 11 is 1.94. The van der Waals surface area contributed by atoms with Crippen LogP contribution < -0.4 is 5.32 Å². The van der Waals surface area contributed by atoms with E-state index in [1.165, 1.54) is 30.9 Å². The van der Waals surface area contributed by atoms with Crippen LogP contribution in [0.4, 0.5) is 0 Å². The van der Waals surface area contributed by atoms with Gasteiger partial charge in [-0.05, 0) is 19.3 Å². The second kappa shape index (κ2) is 7.21. The van der Waals surface area contributed by atoms with Crippen molar-refractivity contribution in [3.8, 4) is 0 Å². The van der Waals surface area contributed by atoms with Gasteiger partial charge in [-0.2, -0.15) is 0 Å². The topological polar surface area (TPSA) is 24.4 Å². The van der Waals surface area contributed by atoms with Crippen LogP contribution in [0.3, 0.4) is 0 Å². The van der Waals surface area contributed by atoms with E-state index >= 15 is 0 Å². The summed E-state index contributed by atoms with van der Waals surface area (Å²) in [6.07, 6.45) is 5.06. The number of hydrogen-bond acceptors (Lipinski definition) is 3. The maximum atomic E-state index is 4.60.